The van der Waals surface area contributed by atoms with Gasteiger partial charge in [-0.2, -0.15) is 0 Å². The quantitative estimate of drug-likeness (QED) is 0.734. The van der Waals surface area contributed by atoms with Gasteiger partial charge in [0.15, 0.2) is 0 Å². The Hall–Kier alpha value is -2.40. The van der Waals surface area contributed by atoms with Gasteiger partial charge >= 0.3 is 0 Å². The first kappa shape index (κ1) is 15.5. The van der Waals surface area contributed by atoms with E-state index < -0.39 is 0 Å². The number of hydrogen-bond acceptors (Lipinski definition) is 3. The van der Waals surface area contributed by atoms with Crippen LogP contribution in [-0.2, 0) is 0 Å². The van der Waals surface area contributed by atoms with Gasteiger partial charge in [0.05, 0.1) is 18.4 Å². The van der Waals surface area contributed by atoms with E-state index in [-0.39, 0.29) is 5.91 Å². The molecule has 0 saturated carbocycles. The molecule has 3 rings (SSSR count). The van der Waals surface area contributed by atoms with Crippen LogP contribution in [0.2, 0.25) is 0 Å². The lowest BCUT2D eigenvalue weighted by molar-refractivity contribution is 0.102. The molecule has 0 saturated heterocycles. The fourth-order valence-electron chi connectivity index (χ4n) is 2.36. The van der Waals surface area contributed by atoms with Gasteiger partial charge in [0, 0.05) is 4.47 Å². The van der Waals surface area contributed by atoms with Crippen molar-refractivity contribution in [2.75, 3.05) is 12.4 Å². The number of nitrogens with one attached hydrogen (secondary N) is 1. The van der Waals surface area contributed by atoms with E-state index in [9.17, 15) is 4.79 Å². The Bertz CT molecular complexity index is 893. The molecule has 0 aliphatic heterocycles. The Morgan fingerprint density at radius 2 is 1.83 bits per heavy atom. The Morgan fingerprint density at radius 1 is 1.13 bits per heavy atom. The number of rotatable bonds is 3. The third kappa shape index (κ3) is 3.19. The molecule has 0 radical (unpaired) electrons. The van der Waals surface area contributed by atoms with Crippen LogP contribution < -0.4 is 10.1 Å². The molecular formula is C18H15BrN2O2. The van der Waals surface area contributed by atoms with Crippen molar-refractivity contribution in [1.82, 2.24) is 4.98 Å². The fraction of sp³-hybridized carbons (Fsp3) is 0.111. The summed E-state index contributed by atoms with van der Waals surface area (Å²) < 4.78 is 6.27. The number of carbonyl (C=O) groups excluding carboxylic acids is 1. The molecule has 0 atom stereocenters. The van der Waals surface area contributed by atoms with Crippen LogP contribution in [0.15, 0.2) is 53.0 Å². The highest BCUT2D eigenvalue weighted by molar-refractivity contribution is 9.10. The topological polar surface area (TPSA) is 51.2 Å². The normalized spacial score (nSPS) is 10.6. The maximum atomic E-state index is 12.6. The molecule has 1 aromatic heterocycles. The van der Waals surface area contributed by atoms with Crippen molar-refractivity contribution in [1.29, 1.82) is 0 Å². The first-order chi connectivity index (χ1) is 11.1. The standard InChI is InChI=1S/C18H15BrN2O2/c1-11-15(19)7-8-17(20-11)21-18(22)14-9-12-5-3-4-6-13(12)10-16(14)23-2/h3-10H,1-2H3,(H,20,21,22). The van der Waals surface area contributed by atoms with Crippen LogP contribution in [0.1, 0.15) is 16.1 Å². The van der Waals surface area contributed by atoms with E-state index >= 15 is 0 Å². The molecule has 2 aromatic carbocycles. The van der Waals surface area contributed by atoms with Crippen LogP contribution in [0.25, 0.3) is 10.8 Å². The number of amides is 1. The maximum absolute atomic E-state index is 12.6. The Kier molecular flexibility index (Phi) is 4.30. The van der Waals surface area contributed by atoms with Crippen LogP contribution in [0.5, 0.6) is 5.75 Å². The van der Waals surface area contributed by atoms with Crippen molar-refractivity contribution >= 4 is 38.4 Å². The minimum atomic E-state index is -0.248. The number of ether oxygens (including phenoxy) is 1. The average Bonchev–Trinajstić information content (AvgIpc) is 2.57. The lowest BCUT2D eigenvalue weighted by Crippen LogP contribution is -2.14. The number of carbonyl (C=O) groups is 1. The number of halogens is 1. The number of benzene rings is 2. The van der Waals surface area contributed by atoms with Crippen molar-refractivity contribution in [3.05, 3.63) is 64.3 Å². The molecule has 0 unspecified atom stereocenters. The van der Waals surface area contributed by atoms with Gasteiger partial charge in [0.25, 0.3) is 5.91 Å². The van der Waals surface area contributed by atoms with Gasteiger partial charge in [-0.05, 0) is 57.9 Å². The summed E-state index contributed by atoms with van der Waals surface area (Å²) in [6, 6.07) is 15.1. The van der Waals surface area contributed by atoms with Crippen LogP contribution in [-0.4, -0.2) is 18.0 Å². The van der Waals surface area contributed by atoms with Crippen molar-refractivity contribution < 1.29 is 9.53 Å². The lowest BCUT2D eigenvalue weighted by Gasteiger charge is -2.11. The summed E-state index contributed by atoms with van der Waals surface area (Å²) >= 11 is 3.40. The van der Waals surface area contributed by atoms with E-state index in [2.05, 4.69) is 26.2 Å². The number of aromatic nitrogens is 1. The summed E-state index contributed by atoms with van der Waals surface area (Å²) in [4.78, 5) is 16.9. The summed E-state index contributed by atoms with van der Waals surface area (Å²) in [5, 5.41) is 4.83. The van der Waals surface area contributed by atoms with E-state index in [1.165, 1.54) is 0 Å². The highest BCUT2D eigenvalue weighted by Gasteiger charge is 2.14. The second-order valence-corrected chi connectivity index (χ2v) is 5.97. The first-order valence-electron chi connectivity index (χ1n) is 7.10. The Morgan fingerprint density at radius 3 is 2.48 bits per heavy atom. The molecule has 5 heteroatoms. The van der Waals surface area contributed by atoms with Gasteiger partial charge in [-0.15, -0.1) is 0 Å². The second-order valence-electron chi connectivity index (χ2n) is 5.12. The van der Waals surface area contributed by atoms with Gasteiger partial charge in [-0.1, -0.05) is 24.3 Å². The highest BCUT2D eigenvalue weighted by atomic mass is 79.9. The minimum Gasteiger partial charge on any atom is -0.496 e. The van der Waals surface area contributed by atoms with Crippen LogP contribution in [0.3, 0.4) is 0 Å². The largest absolute Gasteiger partial charge is 0.496 e. The molecule has 0 spiro atoms. The number of pyridine rings is 1. The van der Waals surface area contributed by atoms with Crippen LogP contribution >= 0.6 is 15.9 Å². The second kappa shape index (κ2) is 6.38. The molecular weight excluding hydrogens is 356 g/mol. The zero-order valence-electron chi connectivity index (χ0n) is 12.8. The SMILES string of the molecule is COc1cc2ccccc2cc1C(=O)Nc1ccc(Br)c(C)n1. The summed E-state index contributed by atoms with van der Waals surface area (Å²) in [6.07, 6.45) is 0. The summed E-state index contributed by atoms with van der Waals surface area (Å²) in [7, 11) is 1.56. The number of fused-ring (bicyclic) bond motifs is 1. The van der Waals surface area contributed by atoms with Crippen molar-refractivity contribution in [3.8, 4) is 5.75 Å². The number of anilines is 1. The molecule has 0 fully saturated rings. The Balaban J connectivity index is 1.97. The molecule has 1 N–H and O–H groups in total. The highest BCUT2D eigenvalue weighted by Crippen LogP contribution is 2.27. The molecule has 0 aliphatic rings. The molecule has 1 amide bonds. The zero-order valence-corrected chi connectivity index (χ0v) is 14.3. The third-order valence-electron chi connectivity index (χ3n) is 3.58. The van der Waals surface area contributed by atoms with Crippen molar-refractivity contribution in [2.24, 2.45) is 0 Å². The number of methoxy groups -OCH3 is 1. The predicted molar refractivity (Wildman–Crippen MR) is 95.1 cm³/mol. The van der Waals surface area contributed by atoms with Crippen molar-refractivity contribution in [3.63, 3.8) is 0 Å². The maximum Gasteiger partial charge on any atom is 0.260 e. The number of aryl methyl sites for hydroxylation is 1. The molecule has 116 valence electrons. The van der Waals surface area contributed by atoms with E-state index in [1.54, 1.807) is 13.2 Å². The number of hydrogen-bond donors (Lipinski definition) is 1. The fourth-order valence-corrected chi connectivity index (χ4v) is 2.58. The molecule has 4 nitrogen and oxygen atoms in total. The van der Waals surface area contributed by atoms with Gasteiger partial charge in [-0.3, -0.25) is 4.79 Å². The monoisotopic (exact) mass is 370 g/mol. The lowest BCUT2D eigenvalue weighted by atomic mass is 10.1. The summed E-state index contributed by atoms with van der Waals surface area (Å²) in [5.74, 6) is 0.794. The van der Waals surface area contributed by atoms with Gasteiger partial charge < -0.3 is 10.1 Å². The molecule has 0 aliphatic carbocycles. The number of nitrogens with zero attached hydrogens (tertiary/aromatic N) is 1. The summed E-state index contributed by atoms with van der Waals surface area (Å²) in [5.41, 5.74) is 1.29. The third-order valence-corrected chi connectivity index (χ3v) is 4.41. The van der Waals surface area contributed by atoms with E-state index in [1.807, 2.05) is 49.4 Å². The summed E-state index contributed by atoms with van der Waals surface area (Å²) in [6.45, 7) is 1.87. The molecule has 3 aromatic rings. The molecule has 0 bridgehead atoms. The Labute approximate surface area is 142 Å². The van der Waals surface area contributed by atoms with Gasteiger partial charge in [0.2, 0.25) is 0 Å². The van der Waals surface area contributed by atoms with Gasteiger partial charge in [-0.25, -0.2) is 4.98 Å². The van der Waals surface area contributed by atoms with E-state index in [0.29, 0.717) is 17.1 Å². The smallest absolute Gasteiger partial charge is 0.260 e. The molecule has 1 heterocycles. The predicted octanol–water partition coefficient (Wildman–Crippen LogP) is 4.57. The van der Waals surface area contributed by atoms with Crippen LogP contribution in [0.4, 0.5) is 5.82 Å². The van der Waals surface area contributed by atoms with E-state index in [0.717, 1.165) is 20.9 Å². The zero-order chi connectivity index (χ0) is 16.4. The average molecular weight is 371 g/mol. The minimum absolute atomic E-state index is 0.248. The van der Waals surface area contributed by atoms with Crippen LogP contribution in [0, 0.1) is 6.92 Å². The van der Waals surface area contributed by atoms with E-state index in [4.69, 9.17) is 4.74 Å². The van der Waals surface area contributed by atoms with Crippen molar-refractivity contribution in [2.45, 2.75) is 6.92 Å². The first-order valence-corrected chi connectivity index (χ1v) is 7.89. The van der Waals surface area contributed by atoms with Gasteiger partial charge in [0.1, 0.15) is 11.6 Å². The molecule has 23 heavy (non-hydrogen) atoms.